The van der Waals surface area contributed by atoms with E-state index in [1.807, 2.05) is 6.20 Å². The van der Waals surface area contributed by atoms with Crippen LogP contribution in [0.25, 0.3) is 0 Å². The second kappa shape index (κ2) is 5.81. The highest BCUT2D eigenvalue weighted by Gasteiger charge is 2.52. The van der Waals surface area contributed by atoms with Gasteiger partial charge in [0.15, 0.2) is 0 Å². The van der Waals surface area contributed by atoms with E-state index in [-0.39, 0.29) is 11.8 Å². The lowest BCUT2D eigenvalue weighted by atomic mass is 9.97. The summed E-state index contributed by atoms with van der Waals surface area (Å²) in [7, 11) is 0. The van der Waals surface area contributed by atoms with E-state index >= 15 is 0 Å². The molecule has 2 aliphatic carbocycles. The highest BCUT2D eigenvalue weighted by molar-refractivity contribution is 5.83. The number of aromatic nitrogens is 2. The maximum Gasteiger partial charge on any atom is 0.224 e. The Balaban J connectivity index is 1.45. The van der Waals surface area contributed by atoms with E-state index < -0.39 is 0 Å². The summed E-state index contributed by atoms with van der Waals surface area (Å²) >= 11 is 0. The van der Waals surface area contributed by atoms with Crippen LogP contribution in [0, 0.1) is 11.8 Å². The molecule has 2 N–H and O–H groups in total. The Morgan fingerprint density at radius 3 is 3.10 bits per heavy atom. The molecule has 0 aromatic carbocycles. The van der Waals surface area contributed by atoms with E-state index in [9.17, 15) is 4.79 Å². The molecule has 4 nitrogen and oxygen atoms in total. The van der Waals surface area contributed by atoms with Crippen LogP contribution in [-0.4, -0.2) is 22.4 Å². The first kappa shape index (κ1) is 13.4. The highest BCUT2D eigenvalue weighted by atomic mass is 16.2. The highest BCUT2D eigenvalue weighted by Crippen LogP contribution is 2.52. The van der Waals surface area contributed by atoms with Crippen molar-refractivity contribution in [2.45, 2.75) is 44.9 Å². The van der Waals surface area contributed by atoms with Crippen LogP contribution in [0.5, 0.6) is 0 Å². The molecule has 1 fully saturated rings. The van der Waals surface area contributed by atoms with Crippen molar-refractivity contribution in [2.75, 3.05) is 6.54 Å². The SMILES string of the molecule is C[C@@H]1C(C(=O)NCCC2=CCCCC2)[C@@H]1c1cnc[nH]1. The van der Waals surface area contributed by atoms with Crippen LogP contribution in [0.15, 0.2) is 24.2 Å². The Bertz CT molecular complexity index is 492. The normalized spacial score (nSPS) is 28.9. The fourth-order valence-corrected chi connectivity index (χ4v) is 3.39. The lowest BCUT2D eigenvalue weighted by molar-refractivity contribution is -0.122. The van der Waals surface area contributed by atoms with Gasteiger partial charge < -0.3 is 10.3 Å². The van der Waals surface area contributed by atoms with Crippen molar-refractivity contribution in [3.63, 3.8) is 0 Å². The molecule has 3 rings (SSSR count). The van der Waals surface area contributed by atoms with E-state index in [1.165, 1.54) is 31.3 Å². The third-order valence-corrected chi connectivity index (χ3v) is 4.69. The summed E-state index contributed by atoms with van der Waals surface area (Å²) in [4.78, 5) is 19.4. The van der Waals surface area contributed by atoms with Crippen LogP contribution in [0.2, 0.25) is 0 Å². The smallest absolute Gasteiger partial charge is 0.224 e. The number of amides is 1. The van der Waals surface area contributed by atoms with Crippen molar-refractivity contribution < 1.29 is 4.79 Å². The topological polar surface area (TPSA) is 57.8 Å². The van der Waals surface area contributed by atoms with Gasteiger partial charge in [-0.05, 0) is 38.0 Å². The van der Waals surface area contributed by atoms with Crippen molar-refractivity contribution in [3.8, 4) is 0 Å². The van der Waals surface area contributed by atoms with Gasteiger partial charge in [0.1, 0.15) is 0 Å². The van der Waals surface area contributed by atoms with Crippen LogP contribution >= 0.6 is 0 Å². The fourth-order valence-electron chi connectivity index (χ4n) is 3.39. The number of allylic oxidation sites excluding steroid dienone is 1. The zero-order valence-corrected chi connectivity index (χ0v) is 12.1. The first-order valence-corrected chi connectivity index (χ1v) is 7.71. The lowest BCUT2D eigenvalue weighted by Gasteiger charge is -2.12. The van der Waals surface area contributed by atoms with E-state index in [0.29, 0.717) is 11.8 Å². The summed E-state index contributed by atoms with van der Waals surface area (Å²) in [5.41, 5.74) is 2.61. The molecular formula is C16H23N3O. The molecule has 1 aromatic rings. The summed E-state index contributed by atoms with van der Waals surface area (Å²) in [5, 5.41) is 3.10. The number of hydrogen-bond donors (Lipinski definition) is 2. The van der Waals surface area contributed by atoms with Gasteiger partial charge in [-0.2, -0.15) is 0 Å². The monoisotopic (exact) mass is 273 g/mol. The zero-order chi connectivity index (χ0) is 13.9. The van der Waals surface area contributed by atoms with E-state index in [0.717, 1.165) is 18.7 Å². The fraction of sp³-hybridized carbons (Fsp3) is 0.625. The molecule has 0 saturated heterocycles. The van der Waals surface area contributed by atoms with Gasteiger partial charge in [-0.3, -0.25) is 4.79 Å². The molecule has 1 aromatic heterocycles. The van der Waals surface area contributed by atoms with Gasteiger partial charge in [0.05, 0.1) is 6.33 Å². The molecule has 0 bridgehead atoms. The molecule has 1 heterocycles. The molecule has 1 saturated carbocycles. The number of aromatic amines is 1. The molecule has 0 radical (unpaired) electrons. The van der Waals surface area contributed by atoms with Crippen molar-refractivity contribution in [1.82, 2.24) is 15.3 Å². The summed E-state index contributed by atoms with van der Waals surface area (Å²) in [6.45, 7) is 2.92. The Labute approximate surface area is 120 Å². The lowest BCUT2D eigenvalue weighted by Crippen LogP contribution is -2.27. The van der Waals surface area contributed by atoms with E-state index in [1.54, 1.807) is 6.33 Å². The first-order chi connectivity index (χ1) is 9.77. The van der Waals surface area contributed by atoms with E-state index in [4.69, 9.17) is 0 Å². The summed E-state index contributed by atoms with van der Waals surface area (Å²) in [5.74, 6) is 1.07. The standard InChI is InChI=1S/C16H23N3O/c1-11-14(13-9-17-10-19-13)15(11)16(20)18-8-7-12-5-3-2-4-6-12/h5,9-11,14-15H,2-4,6-8H2,1H3,(H,17,19)(H,18,20)/t11-,14-,15?/m0/s1. The summed E-state index contributed by atoms with van der Waals surface area (Å²) < 4.78 is 0. The molecule has 0 aliphatic heterocycles. The molecule has 108 valence electrons. The molecule has 2 aliphatic rings. The van der Waals surface area contributed by atoms with Gasteiger partial charge in [-0.25, -0.2) is 4.98 Å². The van der Waals surface area contributed by atoms with Gasteiger partial charge in [0, 0.05) is 30.3 Å². The quantitative estimate of drug-likeness (QED) is 0.810. The maximum absolute atomic E-state index is 12.2. The van der Waals surface area contributed by atoms with Crippen molar-refractivity contribution >= 4 is 5.91 Å². The van der Waals surface area contributed by atoms with E-state index in [2.05, 4.69) is 28.3 Å². The number of H-pyrrole nitrogens is 1. The Morgan fingerprint density at radius 2 is 2.40 bits per heavy atom. The number of nitrogens with zero attached hydrogens (tertiary/aromatic N) is 1. The zero-order valence-electron chi connectivity index (χ0n) is 12.1. The number of nitrogens with one attached hydrogen (secondary N) is 2. The Morgan fingerprint density at radius 1 is 1.50 bits per heavy atom. The van der Waals surface area contributed by atoms with Crippen LogP contribution in [-0.2, 0) is 4.79 Å². The molecule has 1 unspecified atom stereocenters. The molecule has 20 heavy (non-hydrogen) atoms. The second-order valence-electron chi connectivity index (χ2n) is 6.07. The molecular weight excluding hydrogens is 250 g/mol. The summed E-state index contributed by atoms with van der Waals surface area (Å²) in [6.07, 6.45) is 11.9. The third kappa shape index (κ3) is 2.79. The Kier molecular flexibility index (Phi) is 3.90. The van der Waals surface area contributed by atoms with Crippen LogP contribution in [0.3, 0.4) is 0 Å². The van der Waals surface area contributed by atoms with Crippen LogP contribution in [0.1, 0.15) is 50.6 Å². The second-order valence-corrected chi connectivity index (χ2v) is 6.07. The molecule has 1 amide bonds. The molecule has 3 atom stereocenters. The predicted molar refractivity (Wildman–Crippen MR) is 78.2 cm³/mol. The van der Waals surface area contributed by atoms with Gasteiger partial charge >= 0.3 is 0 Å². The minimum atomic E-state index is 0.121. The number of carbonyl (C=O) groups is 1. The van der Waals surface area contributed by atoms with Crippen molar-refractivity contribution in [1.29, 1.82) is 0 Å². The van der Waals surface area contributed by atoms with Gasteiger partial charge in [0.25, 0.3) is 0 Å². The summed E-state index contributed by atoms with van der Waals surface area (Å²) in [6, 6.07) is 0. The average molecular weight is 273 g/mol. The average Bonchev–Trinajstić information content (AvgIpc) is 2.90. The van der Waals surface area contributed by atoms with Gasteiger partial charge in [0.2, 0.25) is 5.91 Å². The number of carbonyl (C=O) groups excluding carboxylic acids is 1. The van der Waals surface area contributed by atoms with Gasteiger partial charge in [-0.1, -0.05) is 18.6 Å². The predicted octanol–water partition coefficient (Wildman–Crippen LogP) is 2.77. The number of imidazole rings is 1. The minimum Gasteiger partial charge on any atom is -0.356 e. The number of rotatable bonds is 5. The van der Waals surface area contributed by atoms with Crippen LogP contribution < -0.4 is 5.32 Å². The third-order valence-electron chi connectivity index (χ3n) is 4.69. The largest absolute Gasteiger partial charge is 0.356 e. The first-order valence-electron chi connectivity index (χ1n) is 7.71. The van der Waals surface area contributed by atoms with Crippen LogP contribution in [0.4, 0.5) is 0 Å². The van der Waals surface area contributed by atoms with Crippen molar-refractivity contribution in [2.24, 2.45) is 11.8 Å². The van der Waals surface area contributed by atoms with Gasteiger partial charge in [-0.15, -0.1) is 0 Å². The van der Waals surface area contributed by atoms with Crippen molar-refractivity contribution in [3.05, 3.63) is 29.9 Å². The minimum absolute atomic E-state index is 0.121. The molecule has 4 heteroatoms. The number of hydrogen-bond acceptors (Lipinski definition) is 2. The maximum atomic E-state index is 12.2. The Hall–Kier alpha value is -1.58. The molecule has 0 spiro atoms.